The third-order valence-electron chi connectivity index (χ3n) is 2.11. The molecule has 1 unspecified atom stereocenters. The van der Waals surface area contributed by atoms with Gasteiger partial charge in [0, 0.05) is 12.6 Å². The molecule has 0 aliphatic rings. The van der Waals surface area contributed by atoms with Crippen LogP contribution < -0.4 is 11.5 Å². The highest BCUT2D eigenvalue weighted by molar-refractivity contribution is 5.29. The van der Waals surface area contributed by atoms with Gasteiger partial charge in [-0.25, -0.2) is 0 Å². The molecule has 0 aromatic heterocycles. The Hall–Kier alpha value is -0.860. The second-order valence-corrected chi connectivity index (χ2v) is 2.92. The molecule has 0 saturated carbocycles. The number of benzene rings is 1. The summed E-state index contributed by atoms with van der Waals surface area (Å²) in [5.74, 6) is 0. The van der Waals surface area contributed by atoms with Gasteiger partial charge in [-0.1, -0.05) is 31.2 Å². The highest BCUT2D eigenvalue weighted by atomic mass is 14.6. The average Bonchev–Trinajstić information content (AvgIpc) is 2.16. The monoisotopic (exact) mass is 164 g/mol. The Kier molecular flexibility index (Phi) is 3.26. The fourth-order valence-corrected chi connectivity index (χ4v) is 1.30. The first-order valence-electron chi connectivity index (χ1n) is 4.33. The molecule has 0 bridgehead atoms. The largest absolute Gasteiger partial charge is 0.326 e. The summed E-state index contributed by atoms with van der Waals surface area (Å²) in [5.41, 5.74) is 13.8. The van der Waals surface area contributed by atoms with E-state index in [2.05, 4.69) is 13.0 Å². The van der Waals surface area contributed by atoms with E-state index in [9.17, 15) is 0 Å². The number of rotatable bonds is 3. The molecule has 12 heavy (non-hydrogen) atoms. The molecule has 0 spiro atoms. The molecule has 4 N–H and O–H groups in total. The van der Waals surface area contributed by atoms with Gasteiger partial charge < -0.3 is 11.5 Å². The predicted molar refractivity (Wildman–Crippen MR) is 51.6 cm³/mol. The Morgan fingerprint density at radius 1 is 1.33 bits per heavy atom. The minimum Gasteiger partial charge on any atom is -0.326 e. The van der Waals surface area contributed by atoms with Crippen LogP contribution in [-0.4, -0.2) is 0 Å². The zero-order chi connectivity index (χ0) is 8.97. The molecule has 0 heterocycles. The standard InChI is InChI=1S/C10H16N2/c1-2-10(12)9-6-4-3-5-8(9)7-11/h3-6,10H,2,7,11-12H2,1H3. The van der Waals surface area contributed by atoms with Crippen molar-refractivity contribution < 1.29 is 0 Å². The molecule has 66 valence electrons. The summed E-state index contributed by atoms with van der Waals surface area (Å²) in [4.78, 5) is 0. The number of hydrogen-bond acceptors (Lipinski definition) is 2. The van der Waals surface area contributed by atoms with Crippen LogP contribution in [0.2, 0.25) is 0 Å². The maximum absolute atomic E-state index is 5.92. The molecule has 1 rings (SSSR count). The van der Waals surface area contributed by atoms with Gasteiger partial charge in [-0.15, -0.1) is 0 Å². The van der Waals surface area contributed by atoms with Crippen LogP contribution in [0.4, 0.5) is 0 Å². The number of hydrogen-bond donors (Lipinski definition) is 2. The third-order valence-corrected chi connectivity index (χ3v) is 2.11. The summed E-state index contributed by atoms with van der Waals surface area (Å²) in [6.07, 6.45) is 0.955. The van der Waals surface area contributed by atoms with Crippen LogP contribution in [0.5, 0.6) is 0 Å². The van der Waals surface area contributed by atoms with Crippen molar-refractivity contribution in [3.8, 4) is 0 Å². The fourth-order valence-electron chi connectivity index (χ4n) is 1.30. The maximum Gasteiger partial charge on any atom is 0.0295 e. The van der Waals surface area contributed by atoms with Gasteiger partial charge in [0.2, 0.25) is 0 Å². The van der Waals surface area contributed by atoms with Gasteiger partial charge in [0.15, 0.2) is 0 Å². The van der Waals surface area contributed by atoms with Gasteiger partial charge in [-0.2, -0.15) is 0 Å². The van der Waals surface area contributed by atoms with Gasteiger partial charge in [0.05, 0.1) is 0 Å². The molecule has 0 radical (unpaired) electrons. The van der Waals surface area contributed by atoms with Crippen molar-refractivity contribution in [3.05, 3.63) is 35.4 Å². The highest BCUT2D eigenvalue weighted by Crippen LogP contribution is 2.17. The Bertz CT molecular complexity index is 245. The normalized spacial score (nSPS) is 12.9. The van der Waals surface area contributed by atoms with E-state index in [-0.39, 0.29) is 6.04 Å². The predicted octanol–water partition coefficient (Wildman–Crippen LogP) is 1.56. The Morgan fingerprint density at radius 2 is 2.00 bits per heavy atom. The lowest BCUT2D eigenvalue weighted by Crippen LogP contribution is -2.12. The summed E-state index contributed by atoms with van der Waals surface area (Å²) in [5, 5.41) is 0. The van der Waals surface area contributed by atoms with Gasteiger partial charge in [0.1, 0.15) is 0 Å². The van der Waals surface area contributed by atoms with Crippen molar-refractivity contribution in [1.82, 2.24) is 0 Å². The van der Waals surface area contributed by atoms with Crippen LogP contribution in [0, 0.1) is 0 Å². The first kappa shape index (κ1) is 9.23. The summed E-state index contributed by atoms with van der Waals surface area (Å²) in [7, 11) is 0. The average molecular weight is 164 g/mol. The molecule has 0 aliphatic carbocycles. The lowest BCUT2D eigenvalue weighted by molar-refractivity contribution is 0.689. The van der Waals surface area contributed by atoms with Crippen LogP contribution >= 0.6 is 0 Å². The molecule has 2 heteroatoms. The molecule has 2 nitrogen and oxygen atoms in total. The van der Waals surface area contributed by atoms with E-state index in [4.69, 9.17) is 11.5 Å². The minimum atomic E-state index is 0.129. The van der Waals surface area contributed by atoms with Crippen molar-refractivity contribution in [2.24, 2.45) is 11.5 Å². The van der Waals surface area contributed by atoms with Crippen LogP contribution in [0.1, 0.15) is 30.5 Å². The van der Waals surface area contributed by atoms with Crippen LogP contribution in [-0.2, 0) is 6.54 Å². The number of nitrogens with two attached hydrogens (primary N) is 2. The fraction of sp³-hybridized carbons (Fsp3) is 0.400. The van der Waals surface area contributed by atoms with E-state index in [1.165, 1.54) is 5.56 Å². The summed E-state index contributed by atoms with van der Waals surface area (Å²) < 4.78 is 0. The van der Waals surface area contributed by atoms with E-state index in [0.29, 0.717) is 6.54 Å². The molecule has 0 amide bonds. The Morgan fingerprint density at radius 3 is 2.58 bits per heavy atom. The van der Waals surface area contributed by atoms with E-state index >= 15 is 0 Å². The van der Waals surface area contributed by atoms with E-state index in [1.54, 1.807) is 0 Å². The first-order valence-corrected chi connectivity index (χ1v) is 4.33. The van der Waals surface area contributed by atoms with Crippen molar-refractivity contribution in [2.45, 2.75) is 25.9 Å². The van der Waals surface area contributed by atoms with Gasteiger partial charge in [-0.3, -0.25) is 0 Å². The summed E-state index contributed by atoms with van der Waals surface area (Å²) in [6.45, 7) is 2.65. The molecule has 1 aromatic rings. The van der Waals surface area contributed by atoms with Gasteiger partial charge >= 0.3 is 0 Å². The van der Waals surface area contributed by atoms with E-state index in [0.717, 1.165) is 12.0 Å². The van der Waals surface area contributed by atoms with Gasteiger partial charge in [-0.05, 0) is 17.5 Å². The molecular weight excluding hydrogens is 148 g/mol. The zero-order valence-electron chi connectivity index (χ0n) is 7.46. The Balaban J connectivity index is 2.96. The third kappa shape index (κ3) is 1.84. The molecule has 1 atom stereocenters. The molecular formula is C10H16N2. The maximum atomic E-state index is 5.92. The van der Waals surface area contributed by atoms with Crippen LogP contribution in [0.3, 0.4) is 0 Å². The van der Waals surface area contributed by atoms with Crippen molar-refractivity contribution >= 4 is 0 Å². The van der Waals surface area contributed by atoms with Crippen LogP contribution in [0.15, 0.2) is 24.3 Å². The highest BCUT2D eigenvalue weighted by Gasteiger charge is 2.06. The Labute approximate surface area is 73.6 Å². The molecule has 0 aliphatic heterocycles. The van der Waals surface area contributed by atoms with Gasteiger partial charge in [0.25, 0.3) is 0 Å². The smallest absolute Gasteiger partial charge is 0.0295 e. The zero-order valence-corrected chi connectivity index (χ0v) is 7.46. The molecule has 0 fully saturated rings. The van der Waals surface area contributed by atoms with Crippen molar-refractivity contribution in [1.29, 1.82) is 0 Å². The second kappa shape index (κ2) is 4.24. The van der Waals surface area contributed by atoms with E-state index in [1.807, 2.05) is 18.2 Å². The van der Waals surface area contributed by atoms with Crippen molar-refractivity contribution in [3.63, 3.8) is 0 Å². The molecule has 1 aromatic carbocycles. The summed E-state index contributed by atoms with van der Waals surface area (Å²) in [6, 6.07) is 8.21. The lowest BCUT2D eigenvalue weighted by Gasteiger charge is -2.13. The first-order chi connectivity index (χ1) is 5.79. The minimum absolute atomic E-state index is 0.129. The SMILES string of the molecule is CCC(N)c1ccccc1CN. The summed E-state index contributed by atoms with van der Waals surface area (Å²) >= 11 is 0. The van der Waals surface area contributed by atoms with Crippen molar-refractivity contribution in [2.75, 3.05) is 0 Å². The quantitative estimate of drug-likeness (QED) is 0.712. The topological polar surface area (TPSA) is 52.0 Å². The second-order valence-electron chi connectivity index (χ2n) is 2.92. The van der Waals surface area contributed by atoms with E-state index < -0.39 is 0 Å². The molecule has 0 saturated heterocycles. The lowest BCUT2D eigenvalue weighted by atomic mass is 9.99. The van der Waals surface area contributed by atoms with Crippen LogP contribution in [0.25, 0.3) is 0 Å².